The van der Waals surface area contributed by atoms with Crippen LogP contribution in [-0.4, -0.2) is 5.78 Å². The highest BCUT2D eigenvalue weighted by Gasteiger charge is 2.21. The molecule has 1 aliphatic carbocycles. The molecule has 1 fully saturated rings. The molecule has 1 heterocycles. The van der Waals surface area contributed by atoms with E-state index in [-0.39, 0.29) is 11.4 Å². The SMILES string of the molecule is O=C(CC1CCCC1)c1cc2cccc(F)c2o1. The Morgan fingerprint density at radius 3 is 2.83 bits per heavy atom. The summed E-state index contributed by atoms with van der Waals surface area (Å²) in [6.45, 7) is 0. The summed E-state index contributed by atoms with van der Waals surface area (Å²) < 4.78 is 18.8. The van der Waals surface area contributed by atoms with Gasteiger partial charge in [0.2, 0.25) is 0 Å². The van der Waals surface area contributed by atoms with Crippen molar-refractivity contribution in [2.75, 3.05) is 0 Å². The lowest BCUT2D eigenvalue weighted by atomic mass is 10.00. The van der Waals surface area contributed by atoms with E-state index in [0.29, 0.717) is 23.5 Å². The van der Waals surface area contributed by atoms with Crippen molar-refractivity contribution in [1.82, 2.24) is 0 Å². The summed E-state index contributed by atoms with van der Waals surface area (Å²) in [7, 11) is 0. The summed E-state index contributed by atoms with van der Waals surface area (Å²) >= 11 is 0. The van der Waals surface area contributed by atoms with Gasteiger partial charge in [-0.2, -0.15) is 0 Å². The van der Waals surface area contributed by atoms with Crippen molar-refractivity contribution < 1.29 is 13.6 Å². The van der Waals surface area contributed by atoms with Gasteiger partial charge in [-0.05, 0) is 18.1 Å². The fourth-order valence-electron chi connectivity index (χ4n) is 2.74. The maximum atomic E-state index is 13.5. The Hall–Kier alpha value is -1.64. The zero-order valence-electron chi connectivity index (χ0n) is 10.1. The fraction of sp³-hybridized carbons (Fsp3) is 0.400. The number of carbonyl (C=O) groups excluding carboxylic acids is 1. The van der Waals surface area contributed by atoms with Crippen molar-refractivity contribution in [1.29, 1.82) is 0 Å². The lowest BCUT2D eigenvalue weighted by Gasteiger charge is -2.05. The molecule has 0 bridgehead atoms. The standard InChI is InChI=1S/C15H15FO2/c16-12-7-3-6-11-9-14(18-15(11)12)13(17)8-10-4-1-2-5-10/h3,6-7,9-10H,1-2,4-5,8H2. The lowest BCUT2D eigenvalue weighted by molar-refractivity contribution is 0.0937. The van der Waals surface area contributed by atoms with Crippen LogP contribution in [0.4, 0.5) is 4.39 Å². The molecule has 0 aliphatic heterocycles. The molecule has 18 heavy (non-hydrogen) atoms. The van der Waals surface area contributed by atoms with E-state index >= 15 is 0 Å². The van der Waals surface area contributed by atoms with E-state index in [1.54, 1.807) is 18.2 Å². The van der Waals surface area contributed by atoms with Crippen LogP contribution < -0.4 is 0 Å². The summed E-state index contributed by atoms with van der Waals surface area (Å²) in [6, 6.07) is 6.37. The molecule has 3 rings (SSSR count). The molecule has 0 saturated heterocycles. The number of furan rings is 1. The Balaban J connectivity index is 1.85. The maximum Gasteiger partial charge on any atom is 0.198 e. The Bertz CT molecular complexity index is 579. The first-order valence-electron chi connectivity index (χ1n) is 6.45. The lowest BCUT2D eigenvalue weighted by Crippen LogP contribution is -2.04. The molecule has 3 heteroatoms. The van der Waals surface area contributed by atoms with Crippen molar-refractivity contribution in [2.24, 2.45) is 5.92 Å². The van der Waals surface area contributed by atoms with Gasteiger partial charge in [-0.3, -0.25) is 4.79 Å². The van der Waals surface area contributed by atoms with Gasteiger partial charge in [-0.15, -0.1) is 0 Å². The summed E-state index contributed by atoms with van der Waals surface area (Å²) in [5.41, 5.74) is 0.187. The average molecular weight is 246 g/mol. The van der Waals surface area contributed by atoms with E-state index in [0.717, 1.165) is 12.8 Å². The highest BCUT2D eigenvalue weighted by molar-refractivity contribution is 5.97. The molecule has 0 spiro atoms. The number of ketones is 1. The first-order chi connectivity index (χ1) is 8.74. The van der Waals surface area contributed by atoms with Crippen LogP contribution >= 0.6 is 0 Å². The monoisotopic (exact) mass is 246 g/mol. The number of hydrogen-bond donors (Lipinski definition) is 0. The van der Waals surface area contributed by atoms with Gasteiger partial charge in [0.05, 0.1) is 0 Å². The summed E-state index contributed by atoms with van der Waals surface area (Å²) in [6.07, 6.45) is 5.21. The minimum Gasteiger partial charge on any atom is -0.450 e. The smallest absolute Gasteiger partial charge is 0.198 e. The highest BCUT2D eigenvalue weighted by atomic mass is 19.1. The molecule has 1 aromatic heterocycles. The number of rotatable bonds is 3. The minimum absolute atomic E-state index is 0.00231. The zero-order valence-corrected chi connectivity index (χ0v) is 10.1. The van der Waals surface area contributed by atoms with Gasteiger partial charge in [0.1, 0.15) is 0 Å². The number of halogens is 1. The molecule has 0 unspecified atom stereocenters. The van der Waals surface area contributed by atoms with E-state index in [9.17, 15) is 9.18 Å². The Morgan fingerprint density at radius 2 is 2.11 bits per heavy atom. The van der Waals surface area contributed by atoms with Crippen LogP contribution in [0, 0.1) is 11.7 Å². The van der Waals surface area contributed by atoms with E-state index < -0.39 is 5.82 Å². The quantitative estimate of drug-likeness (QED) is 0.754. The van der Waals surface area contributed by atoms with Crippen molar-refractivity contribution in [3.05, 3.63) is 35.8 Å². The molecule has 0 radical (unpaired) electrons. The van der Waals surface area contributed by atoms with Gasteiger partial charge >= 0.3 is 0 Å². The number of carbonyl (C=O) groups is 1. The molecule has 1 aliphatic rings. The molecule has 0 amide bonds. The van der Waals surface area contributed by atoms with Gasteiger partial charge in [-0.1, -0.05) is 37.8 Å². The summed E-state index contributed by atoms with van der Waals surface area (Å²) in [4.78, 5) is 12.1. The molecule has 1 saturated carbocycles. The summed E-state index contributed by atoms with van der Waals surface area (Å²) in [5.74, 6) is 0.363. The highest BCUT2D eigenvalue weighted by Crippen LogP contribution is 2.30. The maximum absolute atomic E-state index is 13.5. The number of para-hydroxylation sites is 1. The van der Waals surface area contributed by atoms with E-state index in [2.05, 4.69) is 0 Å². The number of benzene rings is 1. The third kappa shape index (κ3) is 2.05. The molecular weight excluding hydrogens is 231 g/mol. The normalized spacial score (nSPS) is 16.5. The van der Waals surface area contributed by atoms with Crippen molar-refractivity contribution in [2.45, 2.75) is 32.1 Å². The third-order valence-electron chi connectivity index (χ3n) is 3.72. The number of fused-ring (bicyclic) bond motifs is 1. The second-order valence-electron chi connectivity index (χ2n) is 5.05. The fourth-order valence-corrected chi connectivity index (χ4v) is 2.74. The predicted molar refractivity (Wildman–Crippen MR) is 67.1 cm³/mol. The number of Topliss-reactive ketones (excluding diaryl/α,β-unsaturated/α-hetero) is 1. The Morgan fingerprint density at radius 1 is 1.33 bits per heavy atom. The second kappa shape index (κ2) is 4.56. The zero-order chi connectivity index (χ0) is 12.5. The molecule has 1 aromatic carbocycles. The Labute approximate surface area is 105 Å². The van der Waals surface area contributed by atoms with Gasteiger partial charge in [0.15, 0.2) is 22.9 Å². The second-order valence-corrected chi connectivity index (χ2v) is 5.05. The topological polar surface area (TPSA) is 30.2 Å². The number of hydrogen-bond acceptors (Lipinski definition) is 2. The average Bonchev–Trinajstić information content (AvgIpc) is 2.97. The third-order valence-corrected chi connectivity index (χ3v) is 3.72. The van der Waals surface area contributed by atoms with Crippen LogP contribution in [0.15, 0.2) is 28.7 Å². The van der Waals surface area contributed by atoms with E-state index in [1.165, 1.54) is 18.9 Å². The van der Waals surface area contributed by atoms with Crippen molar-refractivity contribution in [3.63, 3.8) is 0 Å². The molecule has 2 aromatic rings. The van der Waals surface area contributed by atoms with E-state index in [4.69, 9.17) is 4.42 Å². The van der Waals surface area contributed by atoms with Gasteiger partial charge in [0, 0.05) is 11.8 Å². The van der Waals surface area contributed by atoms with Crippen LogP contribution in [0.2, 0.25) is 0 Å². The molecule has 0 N–H and O–H groups in total. The van der Waals surface area contributed by atoms with Crippen molar-refractivity contribution in [3.8, 4) is 0 Å². The molecule has 2 nitrogen and oxygen atoms in total. The van der Waals surface area contributed by atoms with Crippen LogP contribution in [0.5, 0.6) is 0 Å². The first kappa shape index (κ1) is 11.5. The van der Waals surface area contributed by atoms with Crippen LogP contribution in [0.3, 0.4) is 0 Å². The molecule has 94 valence electrons. The van der Waals surface area contributed by atoms with Crippen LogP contribution in [0.25, 0.3) is 11.0 Å². The van der Waals surface area contributed by atoms with Gasteiger partial charge < -0.3 is 4.42 Å². The van der Waals surface area contributed by atoms with E-state index in [1.807, 2.05) is 0 Å². The van der Waals surface area contributed by atoms with Crippen LogP contribution in [0.1, 0.15) is 42.7 Å². The van der Waals surface area contributed by atoms with Gasteiger partial charge in [0.25, 0.3) is 0 Å². The van der Waals surface area contributed by atoms with Crippen LogP contribution in [-0.2, 0) is 0 Å². The Kier molecular flexibility index (Phi) is 2.90. The molecular formula is C15H15FO2. The largest absolute Gasteiger partial charge is 0.450 e. The van der Waals surface area contributed by atoms with Gasteiger partial charge in [-0.25, -0.2) is 4.39 Å². The minimum atomic E-state index is -0.410. The predicted octanol–water partition coefficient (Wildman–Crippen LogP) is 4.33. The summed E-state index contributed by atoms with van der Waals surface area (Å²) in [5, 5.41) is 0.657. The first-order valence-corrected chi connectivity index (χ1v) is 6.45. The van der Waals surface area contributed by atoms with Crippen molar-refractivity contribution >= 4 is 16.8 Å². The molecule has 0 atom stereocenters.